The fourth-order valence-electron chi connectivity index (χ4n) is 0. The first-order valence-electron chi connectivity index (χ1n) is 4.91. The van der Waals surface area contributed by atoms with Crippen LogP contribution in [0, 0.1) is 0 Å². The van der Waals surface area contributed by atoms with E-state index in [9.17, 15) is 0 Å². The lowest BCUT2D eigenvalue weighted by molar-refractivity contribution is 1.09. The lowest BCUT2D eigenvalue weighted by Gasteiger charge is -1.48. The summed E-state index contributed by atoms with van der Waals surface area (Å²) in [6, 6.07) is 0. The monoisotopic (exact) mass is 162 g/mol. The van der Waals surface area contributed by atoms with Crippen molar-refractivity contribution >= 4 is 0 Å². The first-order chi connectivity index (χ1) is 5.41. The molecule has 0 heterocycles. The van der Waals surface area contributed by atoms with E-state index in [4.69, 9.17) is 0 Å². The van der Waals surface area contributed by atoms with Crippen molar-refractivity contribution in [3.8, 4) is 0 Å². The minimum atomic E-state index is 1.25. The van der Waals surface area contributed by atoms with Crippen LogP contribution in [0.5, 0.6) is 0 Å². The lowest BCUT2D eigenvalue weighted by Crippen LogP contribution is -1.27. The van der Waals surface area contributed by atoms with Gasteiger partial charge in [-0.25, -0.2) is 0 Å². The van der Waals surface area contributed by atoms with Gasteiger partial charge in [-0.15, -0.1) is 13.2 Å². The van der Waals surface area contributed by atoms with E-state index >= 15 is 0 Å². The summed E-state index contributed by atoms with van der Waals surface area (Å²) in [6.45, 7) is 22.2. The molecule has 0 aromatic rings. The molecule has 0 spiro atoms. The molecule has 0 fully saturated rings. The second-order valence-corrected chi connectivity index (χ2v) is 0.707. The molecular formula is C11H30. The van der Waals surface area contributed by atoms with Crippen LogP contribution in [0.25, 0.3) is 0 Å². The molecule has 0 N–H and O–H groups in total. The van der Waals surface area contributed by atoms with Crippen LogP contribution in [0.2, 0.25) is 0 Å². The van der Waals surface area contributed by atoms with Crippen molar-refractivity contribution in [3.63, 3.8) is 0 Å². The van der Waals surface area contributed by atoms with Crippen LogP contribution < -0.4 is 0 Å². The van der Waals surface area contributed by atoms with Crippen molar-refractivity contribution in [3.05, 3.63) is 13.2 Å². The van der Waals surface area contributed by atoms with Gasteiger partial charge in [-0.1, -0.05) is 61.8 Å². The third-order valence-electron chi connectivity index (χ3n) is 0. The van der Waals surface area contributed by atoms with Crippen LogP contribution >= 0.6 is 0 Å². The van der Waals surface area contributed by atoms with Crippen molar-refractivity contribution in [1.82, 2.24) is 0 Å². The van der Waals surface area contributed by atoms with Gasteiger partial charge >= 0.3 is 0 Å². The van der Waals surface area contributed by atoms with E-state index in [-0.39, 0.29) is 0 Å². The molecule has 0 rings (SSSR count). The predicted molar refractivity (Wildman–Crippen MR) is 61.3 cm³/mol. The van der Waals surface area contributed by atoms with Gasteiger partial charge in [0.05, 0.1) is 0 Å². The van der Waals surface area contributed by atoms with Crippen LogP contribution in [0.1, 0.15) is 61.8 Å². The minimum absolute atomic E-state index is 1.25. The van der Waals surface area contributed by atoms with E-state index in [1.807, 2.05) is 41.5 Å². The largest absolute Gasteiger partial charge is 0.106 e. The van der Waals surface area contributed by atoms with Gasteiger partial charge in [-0.3, -0.25) is 0 Å². The molecular weight excluding hydrogens is 132 g/mol. The van der Waals surface area contributed by atoms with Crippen molar-refractivity contribution in [2.75, 3.05) is 0 Å². The quantitative estimate of drug-likeness (QED) is 0.424. The minimum Gasteiger partial charge on any atom is -0.106 e. The second-order valence-electron chi connectivity index (χ2n) is 0.707. The Labute approximate surface area is 75.7 Å². The summed E-state index contributed by atoms with van der Waals surface area (Å²) in [7, 11) is 0. The molecule has 0 bridgehead atoms. The van der Waals surface area contributed by atoms with Gasteiger partial charge in [0.1, 0.15) is 0 Å². The molecule has 11 heavy (non-hydrogen) atoms. The highest BCUT2D eigenvalue weighted by molar-refractivity contribution is 4.22. The van der Waals surface area contributed by atoms with Gasteiger partial charge < -0.3 is 0 Å². The maximum atomic E-state index is 3.00. The van der Waals surface area contributed by atoms with Crippen molar-refractivity contribution in [2.24, 2.45) is 0 Å². The van der Waals surface area contributed by atoms with Crippen LogP contribution in [0.3, 0.4) is 0 Å². The summed E-state index contributed by atoms with van der Waals surface area (Å²) < 4.78 is 0. The maximum absolute atomic E-state index is 3.00. The second kappa shape index (κ2) is 1360. The van der Waals surface area contributed by atoms with E-state index in [1.54, 1.807) is 0 Å². The van der Waals surface area contributed by atoms with Gasteiger partial charge in [-0.05, 0) is 0 Å². The summed E-state index contributed by atoms with van der Waals surface area (Å²) in [5, 5.41) is 0. The highest BCUT2D eigenvalue weighted by atomic mass is 13.4. The van der Waals surface area contributed by atoms with Crippen LogP contribution in [-0.4, -0.2) is 0 Å². The molecule has 0 amide bonds. The van der Waals surface area contributed by atoms with E-state index < -0.39 is 0 Å². The molecule has 0 radical (unpaired) electrons. The standard InChI is InChI=1S/C3H8.3C2H6.C2H4/c1-3-2;4*1-2/h3H2,1-2H3;3*1-2H3;1-2H2. The Morgan fingerprint density at radius 2 is 0.636 bits per heavy atom. The first-order valence-corrected chi connectivity index (χ1v) is 4.91. The summed E-state index contributed by atoms with van der Waals surface area (Å²) >= 11 is 0. The van der Waals surface area contributed by atoms with Gasteiger partial charge in [0, 0.05) is 0 Å². The molecule has 0 atom stereocenters. The SMILES string of the molecule is C=C.CC.CC.CC.CCC. The Bertz CT molecular complexity index is 4.00. The number of hydrogen-bond donors (Lipinski definition) is 0. The van der Waals surface area contributed by atoms with Crippen LogP contribution in [0.4, 0.5) is 0 Å². The molecule has 0 aromatic heterocycles. The fraction of sp³-hybridized carbons (Fsp3) is 0.818. The van der Waals surface area contributed by atoms with Gasteiger partial charge in [-0.2, -0.15) is 0 Å². The Hall–Kier alpha value is -0.260. The van der Waals surface area contributed by atoms with Gasteiger partial charge in [0.15, 0.2) is 0 Å². The van der Waals surface area contributed by atoms with E-state index in [2.05, 4.69) is 27.0 Å². The Kier molecular flexibility index (Phi) is 3820. The summed E-state index contributed by atoms with van der Waals surface area (Å²) in [5.74, 6) is 0. The zero-order valence-corrected chi connectivity index (χ0v) is 10.1. The lowest BCUT2D eigenvalue weighted by atomic mass is 10.6. The maximum Gasteiger partial charge on any atom is -0.0590 e. The van der Waals surface area contributed by atoms with Crippen LogP contribution in [-0.2, 0) is 0 Å². The van der Waals surface area contributed by atoms with E-state index in [0.29, 0.717) is 0 Å². The molecule has 0 aromatic carbocycles. The van der Waals surface area contributed by atoms with Gasteiger partial charge in [0.2, 0.25) is 0 Å². The zero-order valence-electron chi connectivity index (χ0n) is 10.1. The first kappa shape index (κ1) is 30.9. The third-order valence-corrected chi connectivity index (χ3v) is 0. The van der Waals surface area contributed by atoms with Crippen LogP contribution in [0.15, 0.2) is 13.2 Å². The Morgan fingerprint density at radius 3 is 0.636 bits per heavy atom. The van der Waals surface area contributed by atoms with Crippen molar-refractivity contribution in [2.45, 2.75) is 61.8 Å². The van der Waals surface area contributed by atoms with Crippen molar-refractivity contribution < 1.29 is 0 Å². The van der Waals surface area contributed by atoms with Gasteiger partial charge in [0.25, 0.3) is 0 Å². The number of hydrogen-bond acceptors (Lipinski definition) is 0. The molecule has 0 heteroatoms. The van der Waals surface area contributed by atoms with E-state index in [1.165, 1.54) is 6.42 Å². The Balaban J connectivity index is -0.0000000139. The summed E-state index contributed by atoms with van der Waals surface area (Å²) in [5.41, 5.74) is 0. The molecule has 0 aliphatic heterocycles. The fourth-order valence-corrected chi connectivity index (χ4v) is 0. The average Bonchev–Trinajstić information content (AvgIpc) is 2.18. The molecule has 0 unspecified atom stereocenters. The topological polar surface area (TPSA) is 0 Å². The zero-order chi connectivity index (χ0) is 10.7. The highest BCUT2D eigenvalue weighted by Gasteiger charge is 1.35. The molecule has 0 aliphatic carbocycles. The molecule has 0 saturated heterocycles. The molecule has 0 saturated carbocycles. The van der Waals surface area contributed by atoms with E-state index in [0.717, 1.165) is 0 Å². The predicted octanol–water partition coefficient (Wildman–Crippen LogP) is 5.30. The summed E-state index contributed by atoms with van der Waals surface area (Å²) in [4.78, 5) is 0. The molecule has 74 valence electrons. The van der Waals surface area contributed by atoms with Crippen molar-refractivity contribution in [1.29, 1.82) is 0 Å². The average molecular weight is 162 g/mol. The number of rotatable bonds is 0. The normalized spacial score (nSPS) is 3.64. The third kappa shape index (κ3) is 8630. The molecule has 0 nitrogen and oxygen atoms in total. The smallest absolute Gasteiger partial charge is 0.0590 e. The summed E-state index contributed by atoms with van der Waals surface area (Å²) in [6.07, 6.45) is 1.25. The Morgan fingerprint density at radius 1 is 0.636 bits per heavy atom. The highest BCUT2D eigenvalue weighted by Crippen LogP contribution is 1.56. The molecule has 0 aliphatic rings.